The lowest BCUT2D eigenvalue weighted by molar-refractivity contribution is 0.0951. The van der Waals surface area contributed by atoms with Gasteiger partial charge in [-0.1, -0.05) is 12.1 Å². The Hall–Kier alpha value is -1.88. The maximum atomic E-state index is 13.1. The molecule has 0 atom stereocenters. The van der Waals surface area contributed by atoms with E-state index in [1.54, 1.807) is 0 Å². The highest BCUT2D eigenvalue weighted by atomic mass is 79.9. The number of rotatable bonds is 4. The molecule has 0 heterocycles. The van der Waals surface area contributed by atoms with E-state index in [4.69, 9.17) is 0 Å². The normalized spacial score (nSPS) is 10.3. The highest BCUT2D eigenvalue weighted by Gasteiger charge is 2.08. The summed E-state index contributed by atoms with van der Waals surface area (Å²) >= 11 is 3.07. The summed E-state index contributed by atoms with van der Waals surface area (Å²) in [6.45, 7) is 0.432. The van der Waals surface area contributed by atoms with Gasteiger partial charge in [-0.3, -0.25) is 4.79 Å². The Labute approximate surface area is 131 Å². The molecule has 3 nitrogen and oxygen atoms in total. The monoisotopic (exact) mass is 350 g/mol. The zero-order valence-electron chi connectivity index (χ0n) is 11.9. The average molecular weight is 351 g/mol. The van der Waals surface area contributed by atoms with Crippen LogP contribution in [-0.2, 0) is 6.54 Å². The third-order valence-electron chi connectivity index (χ3n) is 3.09. The molecule has 2 rings (SSSR count). The molecule has 0 aliphatic carbocycles. The number of nitrogens with one attached hydrogen (secondary N) is 1. The molecule has 21 heavy (non-hydrogen) atoms. The molecule has 0 saturated carbocycles. The van der Waals surface area contributed by atoms with Crippen LogP contribution in [0.1, 0.15) is 15.9 Å². The van der Waals surface area contributed by atoms with Crippen LogP contribution in [0.25, 0.3) is 0 Å². The summed E-state index contributed by atoms with van der Waals surface area (Å²) < 4.78 is 13.4. The zero-order valence-corrected chi connectivity index (χ0v) is 13.4. The van der Waals surface area contributed by atoms with Gasteiger partial charge in [-0.2, -0.15) is 0 Å². The molecule has 5 heteroatoms. The maximum absolute atomic E-state index is 13.1. The molecule has 0 aliphatic heterocycles. The second kappa shape index (κ2) is 6.72. The standard InChI is InChI=1S/C16H16BrFN2O/c1-20(2)13-6-3-11(4-7-13)10-19-16(21)12-5-8-15(18)14(17)9-12/h3-9H,10H2,1-2H3,(H,19,21). The summed E-state index contributed by atoms with van der Waals surface area (Å²) in [7, 11) is 3.95. The van der Waals surface area contributed by atoms with E-state index in [-0.39, 0.29) is 16.2 Å². The smallest absolute Gasteiger partial charge is 0.251 e. The number of carbonyl (C=O) groups excluding carboxylic acids is 1. The van der Waals surface area contributed by atoms with Crippen molar-refractivity contribution in [2.75, 3.05) is 19.0 Å². The Balaban J connectivity index is 1.98. The van der Waals surface area contributed by atoms with E-state index >= 15 is 0 Å². The third-order valence-corrected chi connectivity index (χ3v) is 3.70. The summed E-state index contributed by atoms with van der Waals surface area (Å²) in [5.41, 5.74) is 2.54. The van der Waals surface area contributed by atoms with Crippen molar-refractivity contribution >= 4 is 27.5 Å². The first-order valence-electron chi connectivity index (χ1n) is 6.47. The van der Waals surface area contributed by atoms with Gasteiger partial charge in [0.25, 0.3) is 5.91 Å². The Bertz CT molecular complexity index is 641. The first-order valence-corrected chi connectivity index (χ1v) is 7.26. The Kier molecular flexibility index (Phi) is 4.96. The van der Waals surface area contributed by atoms with E-state index in [0.717, 1.165) is 11.3 Å². The van der Waals surface area contributed by atoms with Crippen molar-refractivity contribution in [3.05, 3.63) is 63.9 Å². The molecular formula is C16H16BrFN2O. The number of carbonyl (C=O) groups is 1. The molecule has 1 N–H and O–H groups in total. The SMILES string of the molecule is CN(C)c1ccc(CNC(=O)c2ccc(F)c(Br)c2)cc1. The average Bonchev–Trinajstić information content (AvgIpc) is 2.48. The lowest BCUT2D eigenvalue weighted by Gasteiger charge is -2.13. The number of halogens is 2. The highest BCUT2D eigenvalue weighted by Crippen LogP contribution is 2.17. The van der Waals surface area contributed by atoms with Crippen LogP contribution < -0.4 is 10.2 Å². The van der Waals surface area contributed by atoms with E-state index in [1.807, 2.05) is 43.3 Å². The molecule has 110 valence electrons. The van der Waals surface area contributed by atoms with Crippen LogP contribution in [-0.4, -0.2) is 20.0 Å². The Morgan fingerprint density at radius 1 is 1.19 bits per heavy atom. The molecule has 0 radical (unpaired) electrons. The summed E-state index contributed by atoms with van der Waals surface area (Å²) in [5, 5.41) is 2.81. The van der Waals surface area contributed by atoms with E-state index in [9.17, 15) is 9.18 Å². The van der Waals surface area contributed by atoms with Crippen LogP contribution in [0.4, 0.5) is 10.1 Å². The van der Waals surface area contributed by atoms with Gasteiger partial charge in [0.15, 0.2) is 0 Å². The lowest BCUT2D eigenvalue weighted by Crippen LogP contribution is -2.22. The van der Waals surface area contributed by atoms with Crippen molar-refractivity contribution in [2.45, 2.75) is 6.54 Å². The van der Waals surface area contributed by atoms with E-state index in [2.05, 4.69) is 21.2 Å². The minimum Gasteiger partial charge on any atom is -0.378 e. The molecule has 0 unspecified atom stereocenters. The molecule has 0 fully saturated rings. The van der Waals surface area contributed by atoms with E-state index < -0.39 is 0 Å². The molecule has 2 aromatic rings. The summed E-state index contributed by atoms with van der Waals surface area (Å²) in [6, 6.07) is 12.1. The van der Waals surface area contributed by atoms with Crippen LogP contribution in [0, 0.1) is 5.82 Å². The topological polar surface area (TPSA) is 32.3 Å². The molecule has 0 aliphatic rings. The molecule has 2 aromatic carbocycles. The Morgan fingerprint density at radius 3 is 2.43 bits per heavy atom. The molecule has 0 spiro atoms. The van der Waals surface area contributed by atoms with Crippen LogP contribution >= 0.6 is 15.9 Å². The van der Waals surface area contributed by atoms with Crippen molar-refractivity contribution in [3.63, 3.8) is 0 Å². The van der Waals surface area contributed by atoms with Crippen molar-refractivity contribution < 1.29 is 9.18 Å². The minimum absolute atomic E-state index is 0.229. The predicted octanol–water partition coefficient (Wildman–Crippen LogP) is 3.58. The van der Waals surface area contributed by atoms with Crippen molar-refractivity contribution in [3.8, 4) is 0 Å². The van der Waals surface area contributed by atoms with Crippen molar-refractivity contribution in [1.82, 2.24) is 5.32 Å². The molecule has 1 amide bonds. The van der Waals surface area contributed by atoms with Gasteiger partial charge in [-0.25, -0.2) is 4.39 Å². The van der Waals surface area contributed by atoms with Gasteiger partial charge in [0.1, 0.15) is 5.82 Å². The summed E-state index contributed by atoms with van der Waals surface area (Å²) in [6.07, 6.45) is 0. The van der Waals surface area contributed by atoms with Crippen LogP contribution in [0.5, 0.6) is 0 Å². The molecule has 0 aromatic heterocycles. The quantitative estimate of drug-likeness (QED) is 0.913. The number of hydrogen-bond donors (Lipinski definition) is 1. The van der Waals surface area contributed by atoms with Crippen molar-refractivity contribution in [1.29, 1.82) is 0 Å². The fourth-order valence-electron chi connectivity index (χ4n) is 1.83. The number of nitrogens with zero attached hydrogens (tertiary/aromatic N) is 1. The number of amides is 1. The lowest BCUT2D eigenvalue weighted by atomic mass is 10.1. The van der Waals surface area contributed by atoms with Gasteiger partial charge in [-0.15, -0.1) is 0 Å². The van der Waals surface area contributed by atoms with E-state index in [0.29, 0.717) is 12.1 Å². The van der Waals surface area contributed by atoms with Crippen LogP contribution in [0.3, 0.4) is 0 Å². The number of anilines is 1. The van der Waals surface area contributed by atoms with Gasteiger partial charge in [-0.05, 0) is 51.8 Å². The molecule has 0 bridgehead atoms. The highest BCUT2D eigenvalue weighted by molar-refractivity contribution is 9.10. The second-order valence-electron chi connectivity index (χ2n) is 4.87. The van der Waals surface area contributed by atoms with Gasteiger partial charge in [0.2, 0.25) is 0 Å². The molecule has 0 saturated heterocycles. The fourth-order valence-corrected chi connectivity index (χ4v) is 2.21. The first-order chi connectivity index (χ1) is 9.97. The third kappa shape index (κ3) is 4.04. The van der Waals surface area contributed by atoms with Gasteiger partial charge in [0, 0.05) is 31.9 Å². The molecular weight excluding hydrogens is 335 g/mol. The maximum Gasteiger partial charge on any atom is 0.251 e. The second-order valence-corrected chi connectivity index (χ2v) is 5.73. The predicted molar refractivity (Wildman–Crippen MR) is 86.0 cm³/mol. The van der Waals surface area contributed by atoms with Gasteiger partial charge >= 0.3 is 0 Å². The largest absolute Gasteiger partial charge is 0.378 e. The van der Waals surface area contributed by atoms with Crippen LogP contribution in [0.2, 0.25) is 0 Å². The first kappa shape index (κ1) is 15.5. The number of benzene rings is 2. The fraction of sp³-hybridized carbons (Fsp3) is 0.188. The Morgan fingerprint density at radius 2 is 1.86 bits per heavy atom. The summed E-state index contributed by atoms with van der Waals surface area (Å²) in [4.78, 5) is 14.0. The summed E-state index contributed by atoms with van der Waals surface area (Å²) in [5.74, 6) is -0.613. The number of hydrogen-bond acceptors (Lipinski definition) is 2. The zero-order chi connectivity index (χ0) is 15.4. The van der Waals surface area contributed by atoms with Crippen molar-refractivity contribution in [2.24, 2.45) is 0 Å². The van der Waals surface area contributed by atoms with Gasteiger partial charge in [0.05, 0.1) is 4.47 Å². The minimum atomic E-state index is -0.383. The van der Waals surface area contributed by atoms with E-state index in [1.165, 1.54) is 18.2 Å². The van der Waals surface area contributed by atoms with Crippen LogP contribution in [0.15, 0.2) is 46.9 Å². The van der Waals surface area contributed by atoms with Gasteiger partial charge < -0.3 is 10.2 Å².